The Morgan fingerprint density at radius 2 is 1.19 bits per heavy atom. The van der Waals surface area contributed by atoms with Crippen molar-refractivity contribution in [3.63, 3.8) is 0 Å². The second-order valence-corrected chi connectivity index (χ2v) is 7.63. The van der Waals surface area contributed by atoms with Crippen LogP contribution in [0.15, 0.2) is 120 Å². The number of benzene rings is 4. The first-order valence-corrected chi connectivity index (χ1v) is 10.5. The van der Waals surface area contributed by atoms with E-state index in [1.807, 2.05) is 66.7 Å². The van der Waals surface area contributed by atoms with Crippen LogP contribution in [0, 0.1) is 0 Å². The molecule has 1 aliphatic rings. The summed E-state index contributed by atoms with van der Waals surface area (Å²) in [5, 5.41) is 7.34. The van der Waals surface area contributed by atoms with E-state index in [1.54, 1.807) is 5.12 Å². The highest BCUT2D eigenvalue weighted by atomic mass is 35.5. The van der Waals surface area contributed by atoms with Crippen molar-refractivity contribution < 1.29 is 0 Å². The van der Waals surface area contributed by atoms with E-state index in [-0.39, 0.29) is 0 Å². The molecule has 0 radical (unpaired) electrons. The second-order valence-electron chi connectivity index (χ2n) is 7.23. The Balaban J connectivity index is 1.53. The molecule has 4 aromatic carbocycles. The van der Waals surface area contributed by atoms with Crippen LogP contribution >= 0.6 is 11.6 Å². The van der Waals surface area contributed by atoms with Gasteiger partial charge < -0.3 is 0 Å². The zero-order chi connectivity index (χ0) is 21.0. The Morgan fingerprint density at radius 1 is 0.613 bits per heavy atom. The van der Waals surface area contributed by atoms with Gasteiger partial charge >= 0.3 is 0 Å². The highest BCUT2D eigenvalue weighted by Gasteiger charge is 2.18. The summed E-state index contributed by atoms with van der Waals surface area (Å²) in [7, 11) is 0. The molecule has 0 aromatic heterocycles. The van der Waals surface area contributed by atoms with E-state index in [0.29, 0.717) is 5.02 Å². The third-order valence-electron chi connectivity index (χ3n) is 5.17. The maximum Gasteiger partial charge on any atom is 0.0949 e. The topological polar surface area (TPSA) is 27.6 Å². The van der Waals surface area contributed by atoms with E-state index in [0.717, 1.165) is 33.8 Å². The SMILES string of the molecule is Clc1ccccc1C1=CC(c2ccccc2)=NN(c2ccc(-c3ccccc3)cc2)N1. The van der Waals surface area contributed by atoms with Gasteiger partial charge in [0, 0.05) is 16.1 Å². The monoisotopic (exact) mass is 421 g/mol. The summed E-state index contributed by atoms with van der Waals surface area (Å²) in [4.78, 5) is 0. The third kappa shape index (κ3) is 4.09. The largest absolute Gasteiger partial charge is 0.277 e. The number of nitrogens with one attached hydrogen (secondary N) is 1. The summed E-state index contributed by atoms with van der Waals surface area (Å²) in [6.07, 6.45) is 2.03. The fraction of sp³-hybridized carbons (Fsp3) is 0. The summed E-state index contributed by atoms with van der Waals surface area (Å²) in [6.45, 7) is 0. The molecule has 0 saturated heterocycles. The van der Waals surface area contributed by atoms with Crippen LogP contribution in [0.3, 0.4) is 0 Å². The van der Waals surface area contributed by atoms with Crippen molar-refractivity contribution in [2.45, 2.75) is 0 Å². The van der Waals surface area contributed by atoms with Crippen LogP contribution in [0.1, 0.15) is 11.1 Å². The Hall–Kier alpha value is -3.82. The molecule has 4 heteroatoms. The average Bonchev–Trinajstić information content (AvgIpc) is 2.85. The molecule has 4 aromatic rings. The van der Waals surface area contributed by atoms with E-state index in [2.05, 4.69) is 54.0 Å². The van der Waals surface area contributed by atoms with Crippen LogP contribution in [0.25, 0.3) is 16.8 Å². The van der Waals surface area contributed by atoms with Gasteiger partial charge in [0.15, 0.2) is 0 Å². The van der Waals surface area contributed by atoms with Gasteiger partial charge in [-0.25, -0.2) is 0 Å². The van der Waals surface area contributed by atoms with Gasteiger partial charge in [-0.15, -0.1) is 0 Å². The molecule has 1 N–H and O–H groups in total. The lowest BCUT2D eigenvalue weighted by molar-refractivity contribution is 0.787. The molecule has 0 atom stereocenters. The standard InChI is InChI=1S/C27H20ClN3/c28-25-14-8-7-13-24(25)27-19-26(22-11-5-2-6-12-22)29-31(30-27)23-17-15-21(16-18-23)20-9-3-1-4-10-20/h1-19,30H. The van der Waals surface area contributed by atoms with E-state index in [4.69, 9.17) is 16.7 Å². The summed E-state index contributed by atoms with van der Waals surface area (Å²) in [5.41, 5.74) is 10.4. The number of hydrogen-bond donors (Lipinski definition) is 1. The van der Waals surface area contributed by atoms with E-state index < -0.39 is 0 Å². The van der Waals surface area contributed by atoms with Gasteiger partial charge in [0.1, 0.15) is 0 Å². The van der Waals surface area contributed by atoms with Gasteiger partial charge in [-0.1, -0.05) is 103 Å². The first-order valence-electron chi connectivity index (χ1n) is 10.1. The molecule has 5 rings (SSSR count). The first kappa shape index (κ1) is 19.2. The average molecular weight is 422 g/mol. The maximum absolute atomic E-state index is 6.49. The van der Waals surface area contributed by atoms with E-state index >= 15 is 0 Å². The lowest BCUT2D eigenvalue weighted by Gasteiger charge is -2.28. The van der Waals surface area contributed by atoms with Gasteiger partial charge in [0.25, 0.3) is 0 Å². The van der Waals surface area contributed by atoms with Crippen molar-refractivity contribution >= 4 is 28.7 Å². The number of hydrogen-bond acceptors (Lipinski definition) is 3. The lowest BCUT2D eigenvalue weighted by Crippen LogP contribution is -2.36. The van der Waals surface area contributed by atoms with Crippen LogP contribution in [-0.4, -0.2) is 5.71 Å². The third-order valence-corrected chi connectivity index (χ3v) is 5.50. The van der Waals surface area contributed by atoms with Crippen LogP contribution in [-0.2, 0) is 0 Å². The molecule has 0 aliphatic carbocycles. The lowest BCUT2D eigenvalue weighted by atomic mass is 10.0. The molecule has 0 fully saturated rings. The van der Waals surface area contributed by atoms with E-state index in [1.165, 1.54) is 5.56 Å². The van der Waals surface area contributed by atoms with Gasteiger partial charge in [-0.05, 0) is 35.4 Å². The van der Waals surface area contributed by atoms with Crippen molar-refractivity contribution in [2.24, 2.45) is 5.10 Å². The number of halogens is 1. The summed E-state index contributed by atoms with van der Waals surface area (Å²) < 4.78 is 0. The molecule has 0 spiro atoms. The van der Waals surface area contributed by atoms with Crippen molar-refractivity contribution in [3.8, 4) is 11.1 Å². The second kappa shape index (κ2) is 8.50. The maximum atomic E-state index is 6.49. The Bertz CT molecular complexity index is 1250. The number of hydrazone groups is 1. The first-order chi connectivity index (χ1) is 15.3. The molecule has 1 aliphatic heterocycles. The number of allylic oxidation sites excluding steroid dienone is 1. The quantitative estimate of drug-likeness (QED) is 0.393. The molecule has 3 nitrogen and oxygen atoms in total. The van der Waals surface area contributed by atoms with Crippen LogP contribution < -0.4 is 10.5 Å². The number of nitrogens with zero attached hydrogens (tertiary/aromatic N) is 2. The number of anilines is 1. The summed E-state index contributed by atoms with van der Waals surface area (Å²) >= 11 is 6.49. The summed E-state index contributed by atoms with van der Waals surface area (Å²) in [6, 6.07) is 36.7. The van der Waals surface area contributed by atoms with Gasteiger partial charge in [-0.2, -0.15) is 10.2 Å². The Labute approximate surface area is 186 Å². The van der Waals surface area contributed by atoms with E-state index in [9.17, 15) is 0 Å². The van der Waals surface area contributed by atoms with Crippen LogP contribution in [0.2, 0.25) is 5.02 Å². The normalized spacial score (nSPS) is 13.3. The molecule has 150 valence electrons. The van der Waals surface area contributed by atoms with Gasteiger partial charge in [-0.3, -0.25) is 5.43 Å². The van der Waals surface area contributed by atoms with Crippen molar-refractivity contribution in [1.29, 1.82) is 0 Å². The fourth-order valence-electron chi connectivity index (χ4n) is 3.56. The molecule has 0 amide bonds. The molecular formula is C27H20ClN3. The highest BCUT2D eigenvalue weighted by molar-refractivity contribution is 6.32. The predicted octanol–water partition coefficient (Wildman–Crippen LogP) is 6.78. The minimum Gasteiger partial charge on any atom is -0.277 e. The van der Waals surface area contributed by atoms with Crippen molar-refractivity contribution in [3.05, 3.63) is 131 Å². The molecule has 0 bridgehead atoms. The molecule has 1 heterocycles. The predicted molar refractivity (Wildman–Crippen MR) is 130 cm³/mol. The molecule has 31 heavy (non-hydrogen) atoms. The van der Waals surface area contributed by atoms with Crippen LogP contribution in [0.5, 0.6) is 0 Å². The highest BCUT2D eigenvalue weighted by Crippen LogP contribution is 2.28. The minimum absolute atomic E-state index is 0.690. The Morgan fingerprint density at radius 3 is 1.87 bits per heavy atom. The molecule has 0 unspecified atom stereocenters. The van der Waals surface area contributed by atoms with Crippen LogP contribution in [0.4, 0.5) is 5.69 Å². The van der Waals surface area contributed by atoms with Gasteiger partial charge in [0.05, 0.1) is 17.1 Å². The molecule has 0 saturated carbocycles. The Kier molecular flexibility index (Phi) is 5.26. The zero-order valence-corrected chi connectivity index (χ0v) is 17.5. The van der Waals surface area contributed by atoms with Crippen molar-refractivity contribution in [1.82, 2.24) is 5.43 Å². The minimum atomic E-state index is 0.690. The fourth-order valence-corrected chi connectivity index (χ4v) is 3.80. The van der Waals surface area contributed by atoms with Gasteiger partial charge in [0.2, 0.25) is 0 Å². The smallest absolute Gasteiger partial charge is 0.0949 e. The van der Waals surface area contributed by atoms with Crippen molar-refractivity contribution in [2.75, 3.05) is 5.12 Å². The number of rotatable bonds is 4. The molecular weight excluding hydrogens is 402 g/mol. The summed E-state index contributed by atoms with van der Waals surface area (Å²) in [5.74, 6) is 0. The zero-order valence-electron chi connectivity index (χ0n) is 16.7. The number of hydrazine groups is 1.